The molecule has 0 aromatic carbocycles. The van der Waals surface area contributed by atoms with Crippen LogP contribution in [0.3, 0.4) is 0 Å². The van der Waals surface area contributed by atoms with Crippen LogP contribution in [-0.2, 0) is 0 Å². The Hall–Kier alpha value is -1.69. The van der Waals surface area contributed by atoms with Crippen LogP contribution >= 0.6 is 11.6 Å². The fraction of sp³-hybridized carbons (Fsp3) is 0.571. The summed E-state index contributed by atoms with van der Waals surface area (Å²) in [6.07, 6.45) is 6.27. The quantitative estimate of drug-likeness (QED) is 0.853. The molecule has 0 bridgehead atoms. The lowest BCUT2D eigenvalue weighted by atomic mass is 9.80. The molecule has 1 aliphatic rings. The maximum absolute atomic E-state index is 6.05. The molecule has 6 nitrogen and oxygen atoms in total. The molecule has 112 valence electrons. The average molecular weight is 307 g/mol. The van der Waals surface area contributed by atoms with E-state index in [2.05, 4.69) is 45.6 Å². The molecule has 1 atom stereocenters. The number of hydrogen-bond donors (Lipinski definition) is 0. The van der Waals surface area contributed by atoms with Crippen molar-refractivity contribution < 1.29 is 0 Å². The van der Waals surface area contributed by atoms with Gasteiger partial charge in [0.2, 0.25) is 17.2 Å². The summed E-state index contributed by atoms with van der Waals surface area (Å²) in [5, 5.41) is 0.211. The summed E-state index contributed by atoms with van der Waals surface area (Å²) in [7, 11) is 0. The van der Waals surface area contributed by atoms with Gasteiger partial charge in [-0.05, 0) is 29.4 Å². The van der Waals surface area contributed by atoms with Crippen molar-refractivity contribution in [2.45, 2.75) is 27.2 Å². The summed E-state index contributed by atoms with van der Waals surface area (Å²) in [6, 6.07) is 0. The zero-order valence-corrected chi connectivity index (χ0v) is 13.2. The second-order valence-corrected chi connectivity index (χ2v) is 6.81. The van der Waals surface area contributed by atoms with Crippen LogP contribution in [0.25, 0.3) is 5.95 Å². The number of nitrogens with zero attached hydrogens (tertiary/aromatic N) is 6. The van der Waals surface area contributed by atoms with E-state index in [-0.39, 0.29) is 5.28 Å². The van der Waals surface area contributed by atoms with Gasteiger partial charge in [0.05, 0.1) is 0 Å². The van der Waals surface area contributed by atoms with E-state index in [1.54, 1.807) is 23.3 Å². The Morgan fingerprint density at radius 2 is 1.95 bits per heavy atom. The van der Waals surface area contributed by atoms with Crippen molar-refractivity contribution in [2.75, 3.05) is 18.0 Å². The van der Waals surface area contributed by atoms with Crippen molar-refractivity contribution in [1.82, 2.24) is 24.5 Å². The second-order valence-electron chi connectivity index (χ2n) is 6.47. The van der Waals surface area contributed by atoms with Gasteiger partial charge in [-0.3, -0.25) is 4.57 Å². The van der Waals surface area contributed by atoms with Gasteiger partial charge in [0.15, 0.2) is 0 Å². The summed E-state index contributed by atoms with van der Waals surface area (Å²) in [4.78, 5) is 19.1. The fourth-order valence-electron chi connectivity index (χ4n) is 2.61. The van der Waals surface area contributed by atoms with Crippen LogP contribution in [0.15, 0.2) is 18.7 Å². The molecule has 2 aromatic rings. The van der Waals surface area contributed by atoms with Crippen LogP contribution in [0.1, 0.15) is 27.2 Å². The lowest BCUT2D eigenvalue weighted by molar-refractivity contribution is 0.263. The van der Waals surface area contributed by atoms with Crippen LogP contribution in [0.5, 0.6) is 0 Å². The highest BCUT2D eigenvalue weighted by molar-refractivity contribution is 6.28. The third kappa shape index (κ3) is 3.00. The molecule has 1 unspecified atom stereocenters. The topological polar surface area (TPSA) is 59.7 Å². The molecule has 0 radical (unpaired) electrons. The summed E-state index contributed by atoms with van der Waals surface area (Å²) >= 11 is 6.05. The fourth-order valence-corrected chi connectivity index (χ4v) is 2.76. The van der Waals surface area contributed by atoms with Crippen LogP contribution < -0.4 is 4.90 Å². The normalized spacial score (nSPS) is 19.2. The molecule has 1 saturated heterocycles. The Morgan fingerprint density at radius 3 is 2.57 bits per heavy atom. The SMILES string of the molecule is CC(C)(C)C1CCN(c2nc(Cl)nc(-n3ccnc3)n2)C1. The largest absolute Gasteiger partial charge is 0.340 e. The van der Waals surface area contributed by atoms with Gasteiger partial charge in [-0.15, -0.1) is 0 Å². The van der Waals surface area contributed by atoms with Gasteiger partial charge in [-0.1, -0.05) is 20.8 Å². The Kier molecular flexibility index (Phi) is 3.57. The maximum atomic E-state index is 6.05. The van der Waals surface area contributed by atoms with Crippen molar-refractivity contribution in [3.63, 3.8) is 0 Å². The zero-order chi connectivity index (χ0) is 15.0. The maximum Gasteiger partial charge on any atom is 0.241 e. The molecule has 21 heavy (non-hydrogen) atoms. The third-order valence-electron chi connectivity index (χ3n) is 4.02. The number of rotatable bonds is 2. The highest BCUT2D eigenvalue weighted by Gasteiger charge is 2.33. The molecule has 2 aromatic heterocycles. The van der Waals surface area contributed by atoms with E-state index in [1.807, 2.05) is 0 Å². The lowest BCUT2D eigenvalue weighted by Crippen LogP contribution is -2.27. The van der Waals surface area contributed by atoms with Crippen molar-refractivity contribution in [2.24, 2.45) is 11.3 Å². The second kappa shape index (κ2) is 5.26. The molecule has 0 aliphatic carbocycles. The van der Waals surface area contributed by atoms with Gasteiger partial charge in [-0.25, -0.2) is 4.98 Å². The highest BCUT2D eigenvalue weighted by Crippen LogP contribution is 2.34. The molecule has 0 amide bonds. The first-order chi connectivity index (χ1) is 9.93. The predicted octanol–water partition coefficient (Wildman–Crippen LogP) is 2.58. The monoisotopic (exact) mass is 306 g/mol. The van der Waals surface area contributed by atoms with E-state index in [1.165, 1.54) is 0 Å². The van der Waals surface area contributed by atoms with Crippen molar-refractivity contribution in [1.29, 1.82) is 0 Å². The van der Waals surface area contributed by atoms with Crippen LogP contribution in [0.4, 0.5) is 5.95 Å². The molecular formula is C14H19ClN6. The van der Waals surface area contributed by atoms with Gasteiger partial charge in [-0.2, -0.15) is 15.0 Å². The van der Waals surface area contributed by atoms with Crippen LogP contribution in [0, 0.1) is 11.3 Å². The Labute approximate surface area is 129 Å². The van der Waals surface area contributed by atoms with Gasteiger partial charge >= 0.3 is 0 Å². The van der Waals surface area contributed by atoms with E-state index < -0.39 is 0 Å². The summed E-state index contributed by atoms with van der Waals surface area (Å²) in [5.74, 6) is 1.77. The molecule has 7 heteroatoms. The highest BCUT2D eigenvalue weighted by atomic mass is 35.5. The number of hydrogen-bond acceptors (Lipinski definition) is 5. The molecule has 1 aliphatic heterocycles. The van der Waals surface area contributed by atoms with Gasteiger partial charge in [0.25, 0.3) is 0 Å². The number of imidazole rings is 1. The van der Waals surface area contributed by atoms with E-state index >= 15 is 0 Å². The Morgan fingerprint density at radius 1 is 1.19 bits per heavy atom. The molecule has 0 spiro atoms. The van der Waals surface area contributed by atoms with E-state index in [0.29, 0.717) is 23.2 Å². The summed E-state index contributed by atoms with van der Waals surface area (Å²) in [5.41, 5.74) is 0.290. The van der Waals surface area contributed by atoms with Gasteiger partial charge in [0, 0.05) is 25.5 Å². The van der Waals surface area contributed by atoms with E-state index in [0.717, 1.165) is 19.5 Å². The standard InChI is InChI=1S/C14H19ClN6/c1-14(2,3)10-4-6-20(8-10)12-17-11(15)18-13(19-12)21-7-5-16-9-21/h5,7,9-10H,4,6,8H2,1-3H3. The third-order valence-corrected chi connectivity index (χ3v) is 4.18. The van der Waals surface area contributed by atoms with Crippen molar-refractivity contribution >= 4 is 17.5 Å². The predicted molar refractivity (Wildman–Crippen MR) is 81.7 cm³/mol. The molecule has 3 rings (SSSR count). The minimum absolute atomic E-state index is 0.211. The van der Waals surface area contributed by atoms with Crippen LogP contribution in [-0.4, -0.2) is 37.6 Å². The van der Waals surface area contributed by atoms with Crippen molar-refractivity contribution in [3.05, 3.63) is 24.0 Å². The first-order valence-electron chi connectivity index (χ1n) is 7.08. The molecule has 1 fully saturated rings. The minimum atomic E-state index is 0.211. The van der Waals surface area contributed by atoms with Crippen molar-refractivity contribution in [3.8, 4) is 5.95 Å². The molecule has 3 heterocycles. The number of aromatic nitrogens is 5. The summed E-state index contributed by atoms with van der Waals surface area (Å²) in [6.45, 7) is 8.73. The van der Waals surface area contributed by atoms with E-state index in [9.17, 15) is 0 Å². The number of halogens is 1. The smallest absolute Gasteiger partial charge is 0.241 e. The van der Waals surface area contributed by atoms with E-state index in [4.69, 9.17) is 11.6 Å². The van der Waals surface area contributed by atoms with Gasteiger partial charge < -0.3 is 4.90 Å². The first-order valence-corrected chi connectivity index (χ1v) is 7.46. The summed E-state index contributed by atoms with van der Waals surface area (Å²) < 4.78 is 1.73. The molecule has 0 saturated carbocycles. The first kappa shape index (κ1) is 14.3. The lowest BCUT2D eigenvalue weighted by Gasteiger charge is -2.26. The number of anilines is 1. The van der Waals surface area contributed by atoms with Gasteiger partial charge in [0.1, 0.15) is 6.33 Å². The van der Waals surface area contributed by atoms with Crippen LogP contribution in [0.2, 0.25) is 5.28 Å². The molecular weight excluding hydrogens is 288 g/mol. The minimum Gasteiger partial charge on any atom is -0.340 e. The Balaban J connectivity index is 1.87. The Bertz CT molecular complexity index is 619. The molecule has 0 N–H and O–H groups in total. The average Bonchev–Trinajstić information content (AvgIpc) is 3.09. The zero-order valence-electron chi connectivity index (χ0n) is 12.5.